The molecule has 2 aromatic carbocycles. The summed E-state index contributed by atoms with van der Waals surface area (Å²) in [6.07, 6.45) is 0. The molecule has 0 saturated heterocycles. The molecule has 1 aliphatic rings. The van der Waals surface area contributed by atoms with E-state index in [2.05, 4.69) is 47.9 Å². The van der Waals surface area contributed by atoms with Gasteiger partial charge in [0.15, 0.2) is 0 Å². The Morgan fingerprint density at radius 1 is 0.867 bits per heavy atom. The molecule has 0 spiro atoms. The first-order valence-electron chi connectivity index (χ1n) is 5.65. The molecule has 0 N–H and O–H groups in total. The van der Waals surface area contributed by atoms with Crippen LogP contribution in [0.5, 0.6) is 0 Å². The average Bonchev–Trinajstić information content (AvgIpc) is 2.16. The van der Waals surface area contributed by atoms with E-state index < -0.39 is 13.3 Å². The molecule has 2 aromatic rings. The van der Waals surface area contributed by atoms with Crippen molar-refractivity contribution < 1.29 is 0 Å². The number of rotatable bonds is 0. The molecule has 0 radical (unpaired) electrons. The zero-order valence-electron chi connectivity index (χ0n) is 9.38. The molecule has 1 heteroatoms. The van der Waals surface area contributed by atoms with Gasteiger partial charge in [-0.3, -0.25) is 0 Å². The van der Waals surface area contributed by atoms with Crippen molar-refractivity contribution in [3.05, 3.63) is 47.5 Å². The van der Waals surface area contributed by atoms with Crippen LogP contribution in [0, 0.1) is 0 Å². The van der Waals surface area contributed by atoms with E-state index in [-0.39, 0.29) is 0 Å². The van der Waals surface area contributed by atoms with Gasteiger partial charge in [-0.05, 0) is 0 Å². The fourth-order valence-corrected chi connectivity index (χ4v) is 8.72. The maximum absolute atomic E-state index is 2.55. The van der Waals surface area contributed by atoms with Crippen molar-refractivity contribution in [3.63, 3.8) is 0 Å². The van der Waals surface area contributed by atoms with Crippen molar-refractivity contribution in [3.8, 4) is 0 Å². The van der Waals surface area contributed by atoms with Gasteiger partial charge < -0.3 is 0 Å². The zero-order valence-corrected chi connectivity index (χ0v) is 11.5. The molecule has 0 aromatic heterocycles. The second-order valence-electron chi connectivity index (χ2n) is 5.45. The quantitative estimate of drug-likeness (QED) is 0.631. The van der Waals surface area contributed by atoms with Crippen LogP contribution < -0.4 is 0 Å². The Bertz CT molecular complexity index is 483. The summed E-state index contributed by atoms with van der Waals surface area (Å²) < 4.78 is 0. The number of hydrogen-bond donors (Lipinski definition) is 0. The summed E-state index contributed by atoms with van der Waals surface area (Å²) in [5.74, 6) is 5.10. The van der Waals surface area contributed by atoms with Crippen LogP contribution in [0.3, 0.4) is 0 Å². The summed E-state index contributed by atoms with van der Waals surface area (Å²) in [5, 5.41) is 5.79. The van der Waals surface area contributed by atoms with E-state index in [1.807, 2.05) is 0 Å². The third kappa shape index (κ3) is 1.51. The molecule has 3 rings (SSSR count). The monoisotopic (exact) mass is 258 g/mol. The van der Waals surface area contributed by atoms with E-state index in [4.69, 9.17) is 0 Å². The van der Waals surface area contributed by atoms with Gasteiger partial charge in [0, 0.05) is 0 Å². The van der Waals surface area contributed by atoms with E-state index in [0.29, 0.717) is 0 Å². The SMILES string of the molecule is [CH3][Ge]1([CH3])[CH2]c2cccc3cccc(c23)[CH2]1. The summed E-state index contributed by atoms with van der Waals surface area (Å²) in [4.78, 5) is 0. The zero-order chi connectivity index (χ0) is 10.5. The van der Waals surface area contributed by atoms with E-state index in [1.54, 1.807) is 16.5 Å². The Hall–Kier alpha value is -0.757. The molecule has 0 amide bonds. The van der Waals surface area contributed by atoms with Crippen molar-refractivity contribution in [1.29, 1.82) is 0 Å². The van der Waals surface area contributed by atoms with Gasteiger partial charge in [-0.2, -0.15) is 0 Å². The summed E-state index contributed by atoms with van der Waals surface area (Å²) >= 11 is -1.52. The average molecular weight is 257 g/mol. The van der Waals surface area contributed by atoms with Crippen LogP contribution in [0.25, 0.3) is 10.8 Å². The Morgan fingerprint density at radius 3 is 1.93 bits per heavy atom. The van der Waals surface area contributed by atoms with Crippen LogP contribution in [-0.2, 0) is 10.5 Å². The van der Waals surface area contributed by atoms with Crippen molar-refractivity contribution in [2.24, 2.45) is 0 Å². The molecule has 0 saturated carbocycles. The van der Waals surface area contributed by atoms with E-state index in [0.717, 1.165) is 0 Å². The van der Waals surface area contributed by atoms with Gasteiger partial charge in [0.1, 0.15) is 0 Å². The van der Waals surface area contributed by atoms with E-state index in [1.165, 1.54) is 15.9 Å². The van der Waals surface area contributed by atoms with Crippen molar-refractivity contribution >= 4 is 24.0 Å². The van der Waals surface area contributed by atoms with Gasteiger partial charge >= 0.3 is 93.6 Å². The molecule has 0 fully saturated rings. The molecule has 1 heterocycles. The molecule has 0 nitrogen and oxygen atoms in total. The predicted molar refractivity (Wildman–Crippen MR) is 68.8 cm³/mol. The first-order chi connectivity index (χ1) is 7.16. The topological polar surface area (TPSA) is 0 Å². The molecule has 0 atom stereocenters. The first-order valence-corrected chi connectivity index (χ1v) is 12.8. The van der Waals surface area contributed by atoms with Crippen molar-refractivity contribution in [2.45, 2.75) is 22.0 Å². The molecule has 15 heavy (non-hydrogen) atoms. The second-order valence-corrected chi connectivity index (χ2v) is 16.0. The number of benzene rings is 2. The third-order valence-electron chi connectivity index (χ3n) is 3.42. The summed E-state index contributed by atoms with van der Waals surface area (Å²) in [5.41, 5.74) is 3.22. The number of hydrogen-bond acceptors (Lipinski definition) is 0. The standard InChI is InChI=1S/C14H16Ge/c1-15(2)9-12-7-3-5-11-6-4-8-13(10-15)14(11)12/h3-8H,9-10H2,1-2H3. The van der Waals surface area contributed by atoms with Gasteiger partial charge in [-0.25, -0.2) is 0 Å². The minimum atomic E-state index is -1.52. The van der Waals surface area contributed by atoms with Crippen molar-refractivity contribution in [1.82, 2.24) is 0 Å². The molecule has 0 unspecified atom stereocenters. The van der Waals surface area contributed by atoms with Crippen LogP contribution in [-0.4, -0.2) is 13.3 Å². The van der Waals surface area contributed by atoms with Gasteiger partial charge in [0.2, 0.25) is 0 Å². The minimum absolute atomic E-state index is 1.40. The summed E-state index contributed by atoms with van der Waals surface area (Å²) in [6, 6.07) is 13.6. The van der Waals surface area contributed by atoms with Crippen LogP contribution in [0.1, 0.15) is 11.1 Å². The molecule has 76 valence electrons. The predicted octanol–water partition coefficient (Wildman–Crippen LogP) is 3.73. The Morgan fingerprint density at radius 2 is 1.40 bits per heavy atom. The van der Waals surface area contributed by atoms with Crippen molar-refractivity contribution in [2.75, 3.05) is 0 Å². The molecule has 0 aliphatic carbocycles. The first kappa shape index (κ1) is 9.47. The Labute approximate surface area is 93.7 Å². The van der Waals surface area contributed by atoms with Gasteiger partial charge in [0.25, 0.3) is 0 Å². The second kappa shape index (κ2) is 3.12. The van der Waals surface area contributed by atoms with Crippen LogP contribution in [0.15, 0.2) is 36.4 Å². The Kier molecular flexibility index (Phi) is 1.97. The fourth-order valence-electron chi connectivity index (χ4n) is 2.89. The van der Waals surface area contributed by atoms with Gasteiger partial charge in [0.05, 0.1) is 0 Å². The van der Waals surface area contributed by atoms with E-state index in [9.17, 15) is 0 Å². The summed E-state index contributed by atoms with van der Waals surface area (Å²) in [7, 11) is 0. The van der Waals surface area contributed by atoms with Crippen LogP contribution >= 0.6 is 0 Å². The molecule has 0 bridgehead atoms. The third-order valence-corrected chi connectivity index (χ3v) is 9.03. The van der Waals surface area contributed by atoms with Gasteiger partial charge in [-0.1, -0.05) is 0 Å². The molecule has 1 aliphatic heterocycles. The maximum atomic E-state index is 2.55. The normalized spacial score (nSPS) is 18.0. The molecular formula is C14H16Ge. The van der Waals surface area contributed by atoms with Crippen LogP contribution in [0.4, 0.5) is 0 Å². The van der Waals surface area contributed by atoms with Gasteiger partial charge in [-0.15, -0.1) is 0 Å². The fraction of sp³-hybridized carbons (Fsp3) is 0.286. The molecular weight excluding hydrogens is 241 g/mol. The summed E-state index contributed by atoms with van der Waals surface area (Å²) in [6.45, 7) is 0. The Balaban J connectivity index is 2.36. The van der Waals surface area contributed by atoms with Crippen LogP contribution in [0.2, 0.25) is 11.5 Å². The van der Waals surface area contributed by atoms with E-state index >= 15 is 0 Å².